The molecule has 2 rings (SSSR count). The quantitative estimate of drug-likeness (QED) is 0.648. The van der Waals surface area contributed by atoms with E-state index in [2.05, 4.69) is 48.7 Å². The number of fused-ring (bicyclic) bond motifs is 1. The lowest BCUT2D eigenvalue weighted by molar-refractivity contribution is 1.07. The first-order valence-corrected chi connectivity index (χ1v) is 5.24. The summed E-state index contributed by atoms with van der Waals surface area (Å²) in [4.78, 5) is 0. The highest BCUT2D eigenvalue weighted by atomic mass is 14.0. The van der Waals surface area contributed by atoms with Gasteiger partial charge in [-0.05, 0) is 35.8 Å². The number of hydrogen-bond acceptors (Lipinski definition) is 0. The van der Waals surface area contributed by atoms with Crippen molar-refractivity contribution in [1.82, 2.24) is 0 Å². The molecule has 1 aromatic carbocycles. The van der Waals surface area contributed by atoms with Gasteiger partial charge in [-0.1, -0.05) is 36.4 Å². The van der Waals surface area contributed by atoms with Crippen molar-refractivity contribution in [1.29, 1.82) is 0 Å². The Morgan fingerprint density at radius 2 is 2.13 bits per heavy atom. The van der Waals surface area contributed by atoms with Crippen LogP contribution in [0.2, 0.25) is 0 Å². The highest BCUT2D eigenvalue weighted by Gasteiger charge is 1.96. The van der Waals surface area contributed by atoms with Crippen LogP contribution in [0.15, 0.2) is 55.1 Å². The molecule has 0 aliphatic heterocycles. The van der Waals surface area contributed by atoms with Crippen LogP contribution < -0.4 is 10.4 Å². The summed E-state index contributed by atoms with van der Waals surface area (Å²) in [6.45, 7) is 3.76. The molecule has 0 bridgehead atoms. The van der Waals surface area contributed by atoms with Crippen LogP contribution >= 0.6 is 0 Å². The maximum atomic E-state index is 3.76. The van der Waals surface area contributed by atoms with Gasteiger partial charge < -0.3 is 0 Å². The second-order valence-electron chi connectivity index (χ2n) is 3.57. The van der Waals surface area contributed by atoms with E-state index in [1.54, 1.807) is 0 Å². The van der Waals surface area contributed by atoms with E-state index in [9.17, 15) is 0 Å². The molecule has 0 radical (unpaired) electrons. The SMILES string of the molecule is C=CCCC1=c2ccccc2=C=CC=C1. The first-order valence-electron chi connectivity index (χ1n) is 5.24. The van der Waals surface area contributed by atoms with E-state index >= 15 is 0 Å². The predicted octanol–water partition coefficient (Wildman–Crippen LogP) is 2.31. The zero-order chi connectivity index (χ0) is 10.5. The van der Waals surface area contributed by atoms with E-state index in [1.165, 1.54) is 16.0 Å². The third-order valence-electron chi connectivity index (χ3n) is 2.52. The van der Waals surface area contributed by atoms with Crippen LogP contribution in [0.3, 0.4) is 0 Å². The second kappa shape index (κ2) is 4.63. The first kappa shape index (κ1) is 9.76. The second-order valence-corrected chi connectivity index (χ2v) is 3.57. The van der Waals surface area contributed by atoms with Crippen molar-refractivity contribution in [2.24, 2.45) is 0 Å². The molecule has 0 atom stereocenters. The van der Waals surface area contributed by atoms with Gasteiger partial charge in [-0.25, -0.2) is 0 Å². The zero-order valence-electron chi connectivity index (χ0n) is 8.74. The van der Waals surface area contributed by atoms with Gasteiger partial charge in [0, 0.05) is 5.22 Å². The Morgan fingerprint density at radius 1 is 1.27 bits per heavy atom. The smallest absolute Gasteiger partial charge is 0.0239 e. The molecule has 0 unspecified atom stereocenters. The lowest BCUT2D eigenvalue weighted by atomic mass is 10.1. The number of hydrogen-bond donors (Lipinski definition) is 0. The predicted molar refractivity (Wildman–Crippen MR) is 65.6 cm³/mol. The minimum atomic E-state index is 1.02. The van der Waals surface area contributed by atoms with Crippen LogP contribution in [-0.2, 0) is 0 Å². The summed E-state index contributed by atoms with van der Waals surface area (Å²) < 4.78 is 0. The van der Waals surface area contributed by atoms with Gasteiger partial charge in [0.25, 0.3) is 0 Å². The molecule has 0 spiro atoms. The first-order chi connectivity index (χ1) is 7.42. The molecule has 1 aliphatic carbocycles. The van der Waals surface area contributed by atoms with Gasteiger partial charge in [0.1, 0.15) is 0 Å². The Morgan fingerprint density at radius 3 is 3.00 bits per heavy atom. The zero-order valence-corrected chi connectivity index (χ0v) is 8.74. The molecule has 0 nitrogen and oxygen atoms in total. The van der Waals surface area contributed by atoms with E-state index in [0.717, 1.165) is 12.8 Å². The highest BCUT2D eigenvalue weighted by molar-refractivity contribution is 5.59. The molecule has 1 aliphatic rings. The van der Waals surface area contributed by atoms with Gasteiger partial charge in [-0.15, -0.1) is 12.3 Å². The fraction of sp³-hybridized carbons (Fsp3) is 0.133. The standard InChI is InChI=1S/C15H14/c1-2-3-8-13-9-4-5-10-14-11-6-7-12-15(13)14/h2,4-7,9,11-12H,1,3,8H2. The van der Waals surface area contributed by atoms with E-state index in [0.29, 0.717) is 0 Å². The van der Waals surface area contributed by atoms with Gasteiger partial charge in [0.05, 0.1) is 0 Å². The summed E-state index contributed by atoms with van der Waals surface area (Å²) in [6, 6.07) is 8.39. The molecule has 0 fully saturated rings. The molecule has 0 heterocycles. The van der Waals surface area contributed by atoms with Crippen molar-refractivity contribution in [3.63, 3.8) is 0 Å². The molecule has 1 aromatic rings. The Hall–Kier alpha value is -1.78. The number of benzene rings is 1. The van der Waals surface area contributed by atoms with E-state index in [4.69, 9.17) is 0 Å². The summed E-state index contributed by atoms with van der Waals surface area (Å²) in [6.07, 6.45) is 10.2. The van der Waals surface area contributed by atoms with Gasteiger partial charge in [-0.3, -0.25) is 0 Å². The van der Waals surface area contributed by atoms with Crippen molar-refractivity contribution in [3.05, 3.63) is 65.6 Å². The molecule has 0 saturated heterocycles. The van der Waals surface area contributed by atoms with Crippen molar-refractivity contribution >= 4 is 11.3 Å². The summed E-state index contributed by atoms with van der Waals surface area (Å²) in [5, 5.41) is 2.48. The van der Waals surface area contributed by atoms with Crippen LogP contribution in [0.5, 0.6) is 0 Å². The van der Waals surface area contributed by atoms with E-state index < -0.39 is 0 Å². The van der Waals surface area contributed by atoms with Crippen molar-refractivity contribution in [3.8, 4) is 0 Å². The molecule has 0 N–H and O–H groups in total. The minimum Gasteiger partial charge on any atom is -0.112 e. The van der Waals surface area contributed by atoms with Crippen LogP contribution in [0.4, 0.5) is 0 Å². The maximum absolute atomic E-state index is 3.76. The maximum Gasteiger partial charge on any atom is 0.0239 e. The molecule has 0 amide bonds. The average Bonchev–Trinajstić information content (AvgIpc) is 2.49. The van der Waals surface area contributed by atoms with Crippen LogP contribution in [0.25, 0.3) is 11.3 Å². The Labute approximate surface area is 90.3 Å². The molecular weight excluding hydrogens is 180 g/mol. The monoisotopic (exact) mass is 194 g/mol. The fourth-order valence-corrected chi connectivity index (χ4v) is 1.76. The Balaban J connectivity index is 2.64. The Bertz CT molecular complexity index is 538. The van der Waals surface area contributed by atoms with Crippen molar-refractivity contribution < 1.29 is 0 Å². The normalized spacial score (nSPS) is 12.9. The molecular formula is C15H14. The minimum absolute atomic E-state index is 1.02. The summed E-state index contributed by atoms with van der Waals surface area (Å²) in [7, 11) is 0. The molecule has 0 saturated carbocycles. The third kappa shape index (κ3) is 2.18. The largest absolute Gasteiger partial charge is 0.112 e. The third-order valence-corrected chi connectivity index (χ3v) is 2.52. The molecule has 0 aromatic heterocycles. The van der Waals surface area contributed by atoms with Gasteiger partial charge in [0.2, 0.25) is 0 Å². The van der Waals surface area contributed by atoms with Crippen LogP contribution in [-0.4, -0.2) is 0 Å². The number of rotatable bonds is 3. The lowest BCUT2D eigenvalue weighted by Crippen LogP contribution is -2.24. The molecule has 74 valence electrons. The van der Waals surface area contributed by atoms with Gasteiger partial charge in [0.15, 0.2) is 0 Å². The molecule has 0 heteroatoms. The van der Waals surface area contributed by atoms with E-state index in [1.807, 2.05) is 12.2 Å². The van der Waals surface area contributed by atoms with Crippen LogP contribution in [0, 0.1) is 0 Å². The van der Waals surface area contributed by atoms with Crippen molar-refractivity contribution in [2.75, 3.05) is 0 Å². The highest BCUT2D eigenvalue weighted by Crippen LogP contribution is 2.07. The summed E-state index contributed by atoms with van der Waals surface area (Å²) in [5.41, 5.74) is 4.64. The van der Waals surface area contributed by atoms with Gasteiger partial charge in [-0.2, -0.15) is 0 Å². The van der Waals surface area contributed by atoms with E-state index in [-0.39, 0.29) is 0 Å². The Kier molecular flexibility index (Phi) is 3.02. The topological polar surface area (TPSA) is 0 Å². The molecule has 15 heavy (non-hydrogen) atoms. The average molecular weight is 194 g/mol. The summed E-state index contributed by atoms with van der Waals surface area (Å²) >= 11 is 0. The number of allylic oxidation sites excluding steroid dienone is 4. The van der Waals surface area contributed by atoms with Crippen LogP contribution in [0.1, 0.15) is 12.8 Å². The fourth-order valence-electron chi connectivity index (χ4n) is 1.76. The lowest BCUT2D eigenvalue weighted by Gasteiger charge is -1.99. The van der Waals surface area contributed by atoms with Crippen molar-refractivity contribution in [2.45, 2.75) is 12.8 Å². The summed E-state index contributed by atoms with van der Waals surface area (Å²) in [5.74, 6) is 0. The van der Waals surface area contributed by atoms with Gasteiger partial charge >= 0.3 is 0 Å².